The Balaban J connectivity index is 2.76. The lowest BCUT2D eigenvalue weighted by molar-refractivity contribution is 0.0295. The SMILES string of the molecule is COc1c(C)c2c(c(O)c1OC)C(=O)O[C@H](C)C2. The Morgan fingerprint density at radius 2 is 1.89 bits per heavy atom. The third kappa shape index (κ3) is 1.66. The van der Waals surface area contributed by atoms with Gasteiger partial charge < -0.3 is 19.3 Å². The number of ether oxygens (including phenoxy) is 3. The number of fused-ring (bicyclic) bond motifs is 1. The van der Waals surface area contributed by atoms with Gasteiger partial charge in [-0.1, -0.05) is 0 Å². The number of carbonyl (C=O) groups is 1. The Bertz CT molecular complexity index is 507. The van der Waals surface area contributed by atoms with Crippen molar-refractivity contribution in [3.8, 4) is 17.2 Å². The molecule has 0 spiro atoms. The van der Waals surface area contributed by atoms with Gasteiger partial charge in [-0.2, -0.15) is 0 Å². The minimum absolute atomic E-state index is 0.167. The normalized spacial score (nSPS) is 18.0. The number of methoxy groups -OCH3 is 2. The molecule has 1 aromatic rings. The number of phenolic OH excluding ortho intramolecular Hbond substituents is 1. The van der Waals surface area contributed by atoms with Gasteiger partial charge in [0.1, 0.15) is 11.7 Å². The molecule has 0 radical (unpaired) electrons. The first-order chi connectivity index (χ1) is 8.51. The van der Waals surface area contributed by atoms with Crippen LogP contribution in [0.1, 0.15) is 28.4 Å². The highest BCUT2D eigenvalue weighted by atomic mass is 16.5. The lowest BCUT2D eigenvalue weighted by Gasteiger charge is -2.26. The summed E-state index contributed by atoms with van der Waals surface area (Å²) in [7, 11) is 2.92. The maximum absolute atomic E-state index is 11.9. The van der Waals surface area contributed by atoms with Crippen LogP contribution in [0.15, 0.2) is 0 Å². The topological polar surface area (TPSA) is 65.0 Å². The molecule has 98 valence electrons. The van der Waals surface area contributed by atoms with Crippen LogP contribution in [0.25, 0.3) is 0 Å². The average molecular weight is 252 g/mol. The molecule has 0 bridgehead atoms. The number of rotatable bonds is 2. The third-order valence-electron chi connectivity index (χ3n) is 3.17. The van der Waals surface area contributed by atoms with Crippen LogP contribution in [0, 0.1) is 6.92 Å². The molecule has 18 heavy (non-hydrogen) atoms. The molecule has 0 fully saturated rings. The molecule has 0 unspecified atom stereocenters. The molecule has 1 aliphatic rings. The standard InChI is InChI=1S/C13H16O5/c1-6-5-8-7(2)11(16-3)12(17-4)10(14)9(8)13(15)18-6/h6,14H,5H2,1-4H3/t6-/m1/s1. The summed E-state index contributed by atoms with van der Waals surface area (Å²) >= 11 is 0. The fourth-order valence-electron chi connectivity index (χ4n) is 2.34. The minimum Gasteiger partial charge on any atom is -0.504 e. The van der Waals surface area contributed by atoms with Gasteiger partial charge in [-0.3, -0.25) is 0 Å². The highest BCUT2D eigenvalue weighted by Gasteiger charge is 2.33. The summed E-state index contributed by atoms with van der Waals surface area (Å²) in [5, 5.41) is 10.1. The molecular formula is C13H16O5. The predicted molar refractivity (Wildman–Crippen MR) is 64.5 cm³/mol. The Kier molecular flexibility index (Phi) is 3.07. The number of hydrogen-bond acceptors (Lipinski definition) is 5. The molecule has 2 rings (SSSR count). The summed E-state index contributed by atoms with van der Waals surface area (Å²) in [4.78, 5) is 11.9. The molecule has 0 aromatic heterocycles. The van der Waals surface area contributed by atoms with E-state index in [1.807, 2.05) is 13.8 Å². The highest BCUT2D eigenvalue weighted by molar-refractivity contribution is 5.97. The lowest BCUT2D eigenvalue weighted by Crippen LogP contribution is -2.26. The second kappa shape index (κ2) is 4.40. The van der Waals surface area contributed by atoms with Crippen molar-refractivity contribution >= 4 is 5.97 Å². The Morgan fingerprint density at radius 3 is 2.44 bits per heavy atom. The molecule has 1 N–H and O–H groups in total. The van der Waals surface area contributed by atoms with Gasteiger partial charge in [0.05, 0.1) is 14.2 Å². The zero-order valence-electron chi connectivity index (χ0n) is 10.9. The molecule has 5 nitrogen and oxygen atoms in total. The Labute approximate surface area is 105 Å². The summed E-state index contributed by atoms with van der Waals surface area (Å²) in [6.07, 6.45) is 0.349. The summed E-state index contributed by atoms with van der Waals surface area (Å²) in [5.74, 6) is -0.118. The Hall–Kier alpha value is -1.91. The predicted octanol–water partition coefficient (Wildman–Crippen LogP) is 1.82. The van der Waals surface area contributed by atoms with Crippen LogP contribution >= 0.6 is 0 Å². The van der Waals surface area contributed by atoms with E-state index in [2.05, 4.69) is 0 Å². The zero-order valence-corrected chi connectivity index (χ0v) is 10.9. The van der Waals surface area contributed by atoms with E-state index in [1.54, 1.807) is 0 Å². The fourth-order valence-corrected chi connectivity index (χ4v) is 2.34. The first-order valence-electron chi connectivity index (χ1n) is 5.68. The molecule has 1 aromatic carbocycles. The Morgan fingerprint density at radius 1 is 1.28 bits per heavy atom. The lowest BCUT2D eigenvalue weighted by atomic mass is 9.92. The second-order valence-electron chi connectivity index (χ2n) is 4.31. The van der Waals surface area contributed by atoms with Crippen molar-refractivity contribution in [2.45, 2.75) is 26.4 Å². The van der Waals surface area contributed by atoms with E-state index >= 15 is 0 Å². The summed E-state index contributed by atoms with van der Waals surface area (Å²) in [5.41, 5.74) is 1.74. The first kappa shape index (κ1) is 12.5. The minimum atomic E-state index is -0.523. The van der Waals surface area contributed by atoms with E-state index < -0.39 is 5.97 Å². The van der Waals surface area contributed by atoms with Gasteiger partial charge in [0.2, 0.25) is 5.75 Å². The van der Waals surface area contributed by atoms with Crippen molar-refractivity contribution in [3.05, 3.63) is 16.7 Å². The van der Waals surface area contributed by atoms with E-state index in [0.29, 0.717) is 12.2 Å². The molecule has 1 aliphatic heterocycles. The van der Waals surface area contributed by atoms with Gasteiger partial charge in [0.25, 0.3) is 0 Å². The van der Waals surface area contributed by atoms with E-state index in [0.717, 1.165) is 11.1 Å². The van der Waals surface area contributed by atoms with Crippen molar-refractivity contribution in [1.82, 2.24) is 0 Å². The number of cyclic esters (lactones) is 1. The van der Waals surface area contributed by atoms with Crippen molar-refractivity contribution in [2.75, 3.05) is 14.2 Å². The maximum atomic E-state index is 11.9. The van der Waals surface area contributed by atoms with E-state index in [1.165, 1.54) is 14.2 Å². The van der Waals surface area contributed by atoms with Crippen molar-refractivity contribution in [1.29, 1.82) is 0 Å². The number of aromatic hydroxyl groups is 1. The monoisotopic (exact) mass is 252 g/mol. The van der Waals surface area contributed by atoms with E-state index in [9.17, 15) is 9.90 Å². The van der Waals surface area contributed by atoms with Crippen molar-refractivity contribution < 1.29 is 24.1 Å². The molecule has 1 atom stereocenters. The average Bonchev–Trinajstić information content (AvgIpc) is 2.32. The number of hydrogen-bond donors (Lipinski definition) is 1. The second-order valence-corrected chi connectivity index (χ2v) is 4.31. The largest absolute Gasteiger partial charge is 0.504 e. The molecule has 0 amide bonds. The van der Waals surface area contributed by atoms with Gasteiger partial charge >= 0.3 is 5.97 Å². The number of phenols is 1. The quantitative estimate of drug-likeness (QED) is 0.813. The van der Waals surface area contributed by atoms with Gasteiger partial charge in [-0.25, -0.2) is 4.79 Å². The first-order valence-corrected chi connectivity index (χ1v) is 5.68. The molecule has 1 heterocycles. The highest BCUT2D eigenvalue weighted by Crippen LogP contribution is 2.46. The van der Waals surface area contributed by atoms with E-state index in [4.69, 9.17) is 14.2 Å². The van der Waals surface area contributed by atoms with Gasteiger partial charge in [-0.05, 0) is 25.0 Å². The smallest absolute Gasteiger partial charge is 0.342 e. The number of carbonyl (C=O) groups excluding carboxylic acids is 1. The van der Waals surface area contributed by atoms with E-state index in [-0.39, 0.29) is 23.2 Å². The molecule has 0 saturated heterocycles. The summed E-state index contributed by atoms with van der Waals surface area (Å²) in [6, 6.07) is 0. The summed E-state index contributed by atoms with van der Waals surface area (Å²) in [6.45, 7) is 3.65. The molecule has 0 aliphatic carbocycles. The maximum Gasteiger partial charge on any atom is 0.342 e. The third-order valence-corrected chi connectivity index (χ3v) is 3.17. The van der Waals surface area contributed by atoms with Crippen LogP contribution in [-0.4, -0.2) is 31.4 Å². The van der Waals surface area contributed by atoms with Crippen molar-refractivity contribution in [3.63, 3.8) is 0 Å². The van der Waals surface area contributed by atoms with Crippen LogP contribution in [0.5, 0.6) is 17.2 Å². The van der Waals surface area contributed by atoms with Gasteiger partial charge in [-0.15, -0.1) is 0 Å². The van der Waals surface area contributed by atoms with Crippen LogP contribution < -0.4 is 9.47 Å². The van der Waals surface area contributed by atoms with Crippen LogP contribution in [0.4, 0.5) is 0 Å². The molecule has 5 heteroatoms. The zero-order chi connectivity index (χ0) is 13.4. The van der Waals surface area contributed by atoms with Crippen LogP contribution in [0.2, 0.25) is 0 Å². The fraction of sp³-hybridized carbons (Fsp3) is 0.462. The van der Waals surface area contributed by atoms with Crippen LogP contribution in [-0.2, 0) is 11.2 Å². The van der Waals surface area contributed by atoms with Crippen LogP contribution in [0.3, 0.4) is 0 Å². The van der Waals surface area contributed by atoms with Crippen molar-refractivity contribution in [2.24, 2.45) is 0 Å². The molecule has 0 saturated carbocycles. The number of benzene rings is 1. The summed E-state index contributed by atoms with van der Waals surface area (Å²) < 4.78 is 15.5. The number of esters is 1. The van der Waals surface area contributed by atoms with Gasteiger partial charge in [0.15, 0.2) is 11.5 Å². The van der Waals surface area contributed by atoms with Gasteiger partial charge in [0, 0.05) is 6.42 Å². The molecular weight excluding hydrogens is 236 g/mol.